The smallest absolute Gasteiger partial charge is 0.322 e. The minimum atomic E-state index is -1.14. The van der Waals surface area contributed by atoms with Gasteiger partial charge < -0.3 is 5.32 Å². The summed E-state index contributed by atoms with van der Waals surface area (Å²) in [6.45, 7) is 1.24. The molecule has 9 heteroatoms. The molecule has 2 heterocycles. The topological polar surface area (TPSA) is 113 Å². The number of aryl methyl sites for hydroxylation is 1. The SMILES string of the molecule is CC1(CCc2ccccc2)NC(=O)N(NC(=O)Cn2cnc3ccccc3c2=O)C1=O. The van der Waals surface area contributed by atoms with Crippen molar-refractivity contribution in [2.45, 2.75) is 31.8 Å². The van der Waals surface area contributed by atoms with Crippen LogP contribution in [0.1, 0.15) is 18.9 Å². The van der Waals surface area contributed by atoms with Crippen molar-refractivity contribution in [3.63, 3.8) is 0 Å². The summed E-state index contributed by atoms with van der Waals surface area (Å²) in [6.07, 6.45) is 2.23. The predicted molar refractivity (Wildman–Crippen MR) is 113 cm³/mol. The molecule has 1 atom stereocenters. The number of carbonyl (C=O) groups excluding carboxylic acids is 3. The molecule has 158 valence electrons. The molecule has 0 radical (unpaired) electrons. The second kappa shape index (κ2) is 8.02. The van der Waals surface area contributed by atoms with Crippen molar-refractivity contribution >= 4 is 28.7 Å². The van der Waals surface area contributed by atoms with Crippen molar-refractivity contribution < 1.29 is 14.4 Å². The summed E-state index contributed by atoms with van der Waals surface area (Å²) in [5.74, 6) is -1.24. The van der Waals surface area contributed by atoms with Crippen LogP contribution in [0.25, 0.3) is 10.9 Å². The second-order valence-electron chi connectivity index (χ2n) is 7.62. The Kier molecular flexibility index (Phi) is 5.24. The van der Waals surface area contributed by atoms with E-state index in [2.05, 4.69) is 15.7 Å². The number of nitrogens with zero attached hydrogens (tertiary/aromatic N) is 3. The number of nitrogens with one attached hydrogen (secondary N) is 2. The summed E-state index contributed by atoms with van der Waals surface area (Å²) in [4.78, 5) is 54.3. The zero-order valence-corrected chi connectivity index (χ0v) is 16.9. The van der Waals surface area contributed by atoms with Crippen molar-refractivity contribution in [3.8, 4) is 0 Å². The molecule has 4 amide bonds. The number of carbonyl (C=O) groups is 3. The molecule has 1 aliphatic rings. The van der Waals surface area contributed by atoms with Gasteiger partial charge in [0.2, 0.25) is 0 Å². The van der Waals surface area contributed by atoms with Crippen molar-refractivity contribution in [2.75, 3.05) is 0 Å². The molecule has 1 saturated heterocycles. The molecule has 0 aliphatic carbocycles. The Hall–Kier alpha value is -4.01. The van der Waals surface area contributed by atoms with Gasteiger partial charge in [-0.05, 0) is 37.5 Å². The Morgan fingerprint density at radius 3 is 2.55 bits per heavy atom. The van der Waals surface area contributed by atoms with E-state index in [0.29, 0.717) is 28.8 Å². The standard InChI is InChI=1S/C22H21N5O4/c1-22(12-11-15-7-3-2-4-8-15)20(30)27(21(31)24-22)25-18(28)13-26-14-23-17-10-6-5-9-16(17)19(26)29/h2-10,14H,11-13H2,1H3,(H,24,31)(H,25,28). The highest BCUT2D eigenvalue weighted by atomic mass is 16.2. The third kappa shape index (κ3) is 4.02. The van der Waals surface area contributed by atoms with Gasteiger partial charge in [-0.1, -0.05) is 42.5 Å². The van der Waals surface area contributed by atoms with Gasteiger partial charge in [0.1, 0.15) is 12.1 Å². The Balaban J connectivity index is 1.43. The molecule has 1 aromatic heterocycles. The van der Waals surface area contributed by atoms with Gasteiger partial charge >= 0.3 is 6.03 Å². The fourth-order valence-corrected chi connectivity index (χ4v) is 3.53. The van der Waals surface area contributed by atoms with Gasteiger partial charge in [-0.3, -0.25) is 24.4 Å². The van der Waals surface area contributed by atoms with Crippen LogP contribution in [0.2, 0.25) is 0 Å². The molecular formula is C22H21N5O4. The van der Waals surface area contributed by atoms with Gasteiger partial charge in [-0.15, -0.1) is 0 Å². The van der Waals surface area contributed by atoms with E-state index >= 15 is 0 Å². The van der Waals surface area contributed by atoms with Crippen LogP contribution in [0.3, 0.4) is 0 Å². The zero-order chi connectivity index (χ0) is 22.0. The maximum absolute atomic E-state index is 12.8. The lowest BCUT2D eigenvalue weighted by Crippen LogP contribution is -2.50. The summed E-state index contributed by atoms with van der Waals surface area (Å²) >= 11 is 0. The predicted octanol–water partition coefficient (Wildman–Crippen LogP) is 1.37. The highest BCUT2D eigenvalue weighted by Gasteiger charge is 2.48. The number of benzene rings is 2. The van der Waals surface area contributed by atoms with Crippen LogP contribution in [0.4, 0.5) is 4.79 Å². The van der Waals surface area contributed by atoms with Gasteiger partial charge in [-0.2, -0.15) is 5.01 Å². The number of hydrazine groups is 1. The van der Waals surface area contributed by atoms with E-state index in [1.54, 1.807) is 31.2 Å². The fourth-order valence-electron chi connectivity index (χ4n) is 3.53. The first-order valence-electron chi connectivity index (χ1n) is 9.82. The van der Waals surface area contributed by atoms with Crippen LogP contribution in [0.5, 0.6) is 0 Å². The number of fused-ring (bicyclic) bond motifs is 1. The molecule has 1 fully saturated rings. The molecule has 3 aromatic rings. The van der Waals surface area contributed by atoms with Crippen molar-refractivity contribution in [1.82, 2.24) is 25.3 Å². The largest absolute Gasteiger partial charge is 0.344 e. The van der Waals surface area contributed by atoms with E-state index in [1.807, 2.05) is 30.3 Å². The molecule has 4 rings (SSSR count). The van der Waals surface area contributed by atoms with E-state index in [0.717, 1.165) is 10.1 Å². The fraction of sp³-hybridized carbons (Fsp3) is 0.227. The van der Waals surface area contributed by atoms with Crippen LogP contribution in [-0.2, 0) is 22.6 Å². The first kappa shape index (κ1) is 20.3. The first-order valence-corrected chi connectivity index (χ1v) is 9.82. The minimum Gasteiger partial charge on any atom is -0.322 e. The molecule has 0 spiro atoms. The number of imide groups is 1. The van der Waals surface area contributed by atoms with Gasteiger partial charge in [0.25, 0.3) is 17.4 Å². The molecule has 2 aromatic carbocycles. The number of para-hydroxylation sites is 1. The molecule has 31 heavy (non-hydrogen) atoms. The Morgan fingerprint density at radius 2 is 1.77 bits per heavy atom. The Labute approximate surface area is 177 Å². The molecule has 9 nitrogen and oxygen atoms in total. The summed E-state index contributed by atoms with van der Waals surface area (Å²) in [6, 6.07) is 15.7. The lowest BCUT2D eigenvalue weighted by atomic mass is 9.93. The quantitative estimate of drug-likeness (QED) is 0.586. The van der Waals surface area contributed by atoms with E-state index in [9.17, 15) is 19.2 Å². The summed E-state index contributed by atoms with van der Waals surface area (Å²) < 4.78 is 1.13. The van der Waals surface area contributed by atoms with E-state index in [4.69, 9.17) is 0 Å². The normalized spacial score (nSPS) is 18.3. The van der Waals surface area contributed by atoms with Crippen LogP contribution >= 0.6 is 0 Å². The number of hydrogen-bond donors (Lipinski definition) is 2. The summed E-state index contributed by atoms with van der Waals surface area (Å²) in [7, 11) is 0. The van der Waals surface area contributed by atoms with Crippen LogP contribution in [0.15, 0.2) is 65.7 Å². The molecular weight excluding hydrogens is 398 g/mol. The molecule has 1 unspecified atom stereocenters. The van der Waals surface area contributed by atoms with Crippen LogP contribution in [0, 0.1) is 0 Å². The Morgan fingerprint density at radius 1 is 1.06 bits per heavy atom. The van der Waals surface area contributed by atoms with Crippen LogP contribution in [-0.4, -0.2) is 37.9 Å². The minimum absolute atomic E-state index is 0.376. The third-order valence-corrected chi connectivity index (χ3v) is 5.30. The van der Waals surface area contributed by atoms with Crippen molar-refractivity contribution in [1.29, 1.82) is 0 Å². The highest BCUT2D eigenvalue weighted by Crippen LogP contribution is 2.22. The molecule has 0 bridgehead atoms. The monoisotopic (exact) mass is 419 g/mol. The zero-order valence-electron chi connectivity index (χ0n) is 16.9. The second-order valence-corrected chi connectivity index (χ2v) is 7.62. The Bertz CT molecular complexity index is 1220. The highest BCUT2D eigenvalue weighted by molar-refractivity contribution is 6.07. The van der Waals surface area contributed by atoms with E-state index in [-0.39, 0.29) is 12.1 Å². The molecule has 0 saturated carbocycles. The molecule has 1 aliphatic heterocycles. The van der Waals surface area contributed by atoms with E-state index < -0.39 is 23.4 Å². The van der Waals surface area contributed by atoms with Crippen molar-refractivity contribution in [3.05, 3.63) is 76.8 Å². The summed E-state index contributed by atoms with van der Waals surface area (Å²) in [5, 5.41) is 3.70. The van der Waals surface area contributed by atoms with Gasteiger partial charge in [-0.25, -0.2) is 9.78 Å². The average Bonchev–Trinajstić information content (AvgIpc) is 2.98. The van der Waals surface area contributed by atoms with Gasteiger partial charge in [0, 0.05) is 0 Å². The number of rotatable bonds is 6. The van der Waals surface area contributed by atoms with E-state index in [1.165, 1.54) is 6.33 Å². The number of aromatic nitrogens is 2. The third-order valence-electron chi connectivity index (χ3n) is 5.30. The molecule has 2 N–H and O–H groups in total. The van der Waals surface area contributed by atoms with Gasteiger partial charge in [0.15, 0.2) is 0 Å². The maximum Gasteiger partial charge on any atom is 0.344 e. The van der Waals surface area contributed by atoms with Gasteiger partial charge in [0.05, 0.1) is 17.2 Å². The lowest BCUT2D eigenvalue weighted by Gasteiger charge is -2.21. The number of urea groups is 1. The van der Waals surface area contributed by atoms with Crippen molar-refractivity contribution in [2.24, 2.45) is 0 Å². The van der Waals surface area contributed by atoms with Crippen LogP contribution < -0.4 is 16.3 Å². The number of amides is 4. The average molecular weight is 419 g/mol. The number of hydrogen-bond acceptors (Lipinski definition) is 5. The lowest BCUT2D eigenvalue weighted by molar-refractivity contribution is -0.139. The maximum atomic E-state index is 12.8. The summed E-state index contributed by atoms with van der Waals surface area (Å²) in [5.41, 5.74) is 2.34. The first-order chi connectivity index (χ1) is 14.9.